The topological polar surface area (TPSA) is 18.5 Å². The maximum atomic E-state index is 6.31. The van der Waals surface area contributed by atoms with E-state index in [9.17, 15) is 0 Å². The first-order chi connectivity index (χ1) is 7.06. The molecule has 0 saturated carbocycles. The Morgan fingerprint density at radius 2 is 1.13 bits per heavy atom. The second-order valence-corrected chi connectivity index (χ2v) is 64.5. The van der Waals surface area contributed by atoms with Crippen LogP contribution in [-0.4, -0.2) is 20.8 Å². The van der Waals surface area contributed by atoms with Gasteiger partial charge in [-0.3, -0.25) is 0 Å². The SMILES string of the molecule is CO[C]12[CH]3[CH]4[CH]5[C]1(OC)[Zr]43521678[CH]2[CH]1[CH]6[CH]7[CH]28. The molecule has 0 bridgehead atoms. The van der Waals surface area contributed by atoms with Gasteiger partial charge in [0.05, 0.1) is 0 Å². The van der Waals surface area contributed by atoms with Gasteiger partial charge in [0.15, 0.2) is 0 Å². The van der Waals surface area contributed by atoms with Crippen molar-refractivity contribution in [2.45, 2.75) is 35.6 Å². The molecule has 10 heterocycles. The third-order valence-electron chi connectivity index (χ3n) is 20.8. The van der Waals surface area contributed by atoms with E-state index in [2.05, 4.69) is 0 Å². The number of rotatable bonds is 2. The summed E-state index contributed by atoms with van der Waals surface area (Å²) < 4.78 is 23.9. The normalized spacial score (nSPS) is 139. The van der Waals surface area contributed by atoms with Crippen LogP contribution >= 0.6 is 0 Å². The molecule has 2 nitrogen and oxygen atoms in total. The van der Waals surface area contributed by atoms with Crippen LogP contribution < -0.4 is 0 Å². The Hall–Kier alpha value is 0.803. The van der Waals surface area contributed by atoms with Crippen LogP contribution in [-0.2, 0) is 20.8 Å². The fourth-order valence-corrected chi connectivity index (χ4v) is 246. The van der Waals surface area contributed by atoms with Crippen molar-refractivity contribution in [1.82, 2.24) is 0 Å². The van der Waals surface area contributed by atoms with Crippen molar-refractivity contribution in [1.29, 1.82) is 0 Å². The van der Waals surface area contributed by atoms with E-state index in [-0.39, 0.29) is 0 Å². The summed E-state index contributed by atoms with van der Waals surface area (Å²) in [6, 6.07) is 0. The van der Waals surface area contributed by atoms with Gasteiger partial charge in [-0.1, -0.05) is 0 Å². The molecule has 10 saturated heterocycles. The summed E-state index contributed by atoms with van der Waals surface area (Å²) in [5, 5.41) is 0. The molecule has 1 spiro atoms. The summed E-state index contributed by atoms with van der Waals surface area (Å²) in [6.07, 6.45) is 0. The van der Waals surface area contributed by atoms with Crippen LogP contribution in [0.1, 0.15) is 0 Å². The molecular formula is C12H14O2Zr. The fraction of sp³-hybridized carbons (Fsp3) is 1.00. The number of hydrogen-bond donors (Lipinski definition) is 0. The Kier molecular flexibility index (Phi) is 0.151. The van der Waals surface area contributed by atoms with Gasteiger partial charge in [-0.05, 0) is 0 Å². The molecular weight excluding hydrogens is 267 g/mol. The molecule has 10 aliphatic rings. The predicted molar refractivity (Wildman–Crippen MR) is 49.5 cm³/mol. The van der Waals surface area contributed by atoms with Crippen molar-refractivity contribution in [2.75, 3.05) is 14.2 Å². The molecule has 4 unspecified atom stereocenters. The second-order valence-electron chi connectivity index (χ2n) is 13.1. The molecule has 3 heteroatoms. The van der Waals surface area contributed by atoms with E-state index in [1.807, 2.05) is 14.2 Å². The van der Waals surface area contributed by atoms with E-state index in [4.69, 9.17) is 9.47 Å². The van der Waals surface area contributed by atoms with Crippen LogP contribution in [0.5, 0.6) is 0 Å². The quantitative estimate of drug-likeness (QED) is 0.774. The molecule has 0 aromatic carbocycles. The van der Waals surface area contributed by atoms with Crippen molar-refractivity contribution >= 4 is 0 Å². The monoisotopic (exact) mass is 280 g/mol. The van der Waals surface area contributed by atoms with E-state index >= 15 is 0 Å². The van der Waals surface area contributed by atoms with Crippen LogP contribution in [0, 0.1) is 0 Å². The molecule has 0 aromatic rings. The van der Waals surface area contributed by atoms with Gasteiger partial charge in [-0.25, -0.2) is 0 Å². The minimum absolute atomic E-state index is 0.493. The van der Waals surface area contributed by atoms with Crippen molar-refractivity contribution < 1.29 is 20.8 Å². The molecule has 10 aliphatic heterocycles. The summed E-state index contributed by atoms with van der Waals surface area (Å²) in [4.78, 5) is 0. The van der Waals surface area contributed by atoms with Gasteiger partial charge >= 0.3 is 70.7 Å². The van der Waals surface area contributed by atoms with Gasteiger partial charge in [-0.15, -0.1) is 0 Å². The van der Waals surface area contributed by atoms with Gasteiger partial charge in [0.1, 0.15) is 0 Å². The molecule has 15 heavy (non-hydrogen) atoms. The standard InChI is InChI=1S/C7H9O2.C5H5.Zr/c1-8-6-4-3-5-7(6)9-2;1-2-4-5-3-1;/h3-5H,1-2H3;1-5H;. The van der Waals surface area contributed by atoms with E-state index < -0.39 is 11.4 Å². The Balaban J connectivity index is 1.90. The van der Waals surface area contributed by atoms with Crippen LogP contribution in [0.4, 0.5) is 0 Å². The summed E-state index contributed by atoms with van der Waals surface area (Å²) in [7, 11) is 4.08. The van der Waals surface area contributed by atoms with Crippen molar-refractivity contribution in [3.8, 4) is 0 Å². The molecule has 78 valence electrons. The Morgan fingerprint density at radius 3 is 1.27 bits per heavy atom. The molecule has 0 radical (unpaired) electrons. The van der Waals surface area contributed by atoms with Gasteiger partial charge < -0.3 is 0 Å². The van der Waals surface area contributed by atoms with Crippen molar-refractivity contribution in [2.24, 2.45) is 0 Å². The zero-order valence-electron chi connectivity index (χ0n) is 8.94. The van der Waals surface area contributed by atoms with Crippen LogP contribution in [0.3, 0.4) is 0 Å². The van der Waals surface area contributed by atoms with E-state index in [0.29, 0.717) is 6.62 Å². The maximum absolute atomic E-state index is 6.31. The first kappa shape index (κ1) is 5.63. The van der Waals surface area contributed by atoms with E-state index in [1.54, 1.807) is 0 Å². The Morgan fingerprint density at radius 1 is 0.733 bits per heavy atom. The Labute approximate surface area is 70.4 Å². The summed E-state index contributed by atoms with van der Waals surface area (Å²) >= 11 is -3.69. The Bertz CT molecular complexity index is 852. The summed E-state index contributed by atoms with van der Waals surface area (Å²) in [6.45, 7) is 0. The third kappa shape index (κ3) is 0.0444. The number of methoxy groups -OCH3 is 2. The number of hydrogen-bond acceptors (Lipinski definition) is 2. The van der Waals surface area contributed by atoms with E-state index in [0.717, 1.165) is 0 Å². The van der Waals surface area contributed by atoms with Gasteiger partial charge in [0.2, 0.25) is 0 Å². The van der Waals surface area contributed by atoms with Gasteiger partial charge in [0.25, 0.3) is 0 Å². The molecule has 0 aromatic heterocycles. The predicted octanol–water partition coefficient (Wildman–Crippen LogP) is 2.48. The van der Waals surface area contributed by atoms with Gasteiger partial charge in [0, 0.05) is 0 Å². The fourth-order valence-electron chi connectivity index (χ4n) is 25.0. The average Bonchev–Trinajstić information content (AvgIpc) is 3.21. The summed E-state index contributed by atoms with van der Waals surface area (Å²) in [5.74, 6) is 0. The molecule has 10 fully saturated rings. The first-order valence-corrected chi connectivity index (χ1v) is 21.0. The summed E-state index contributed by atoms with van der Waals surface area (Å²) in [5.41, 5.74) is 0. The molecule has 4 atom stereocenters. The van der Waals surface area contributed by atoms with Crippen molar-refractivity contribution in [3.05, 3.63) is 0 Å². The zero-order valence-corrected chi connectivity index (χ0v) is 11.4. The number of ether oxygens (including phenoxy) is 2. The average molecular weight is 281 g/mol. The third-order valence-corrected chi connectivity index (χ3v) is 114. The first-order valence-electron chi connectivity index (χ1n) is 7.19. The zero-order chi connectivity index (χ0) is 9.35. The molecule has 10 rings (SSSR count). The van der Waals surface area contributed by atoms with Crippen LogP contribution in [0.15, 0.2) is 0 Å². The second kappa shape index (κ2) is 0.402. The van der Waals surface area contributed by atoms with Gasteiger partial charge in [-0.2, -0.15) is 0 Å². The van der Waals surface area contributed by atoms with Crippen LogP contribution in [0.2, 0.25) is 29.0 Å². The van der Waals surface area contributed by atoms with Crippen LogP contribution in [0.25, 0.3) is 0 Å². The van der Waals surface area contributed by atoms with E-state index in [1.165, 1.54) is 29.0 Å². The molecule has 0 N–H and O–H groups in total. The molecule has 0 aliphatic carbocycles. The molecule has 0 amide bonds. The van der Waals surface area contributed by atoms with Crippen molar-refractivity contribution in [3.63, 3.8) is 0 Å². The number of fused-ring (bicyclic) bond motifs is 10. The minimum atomic E-state index is -3.69.